The number of nitrogens with zero attached hydrogens (tertiary/aromatic N) is 1. The molecule has 4 atom stereocenters. The van der Waals surface area contributed by atoms with Gasteiger partial charge in [0.2, 0.25) is 5.91 Å². The van der Waals surface area contributed by atoms with E-state index in [1.165, 1.54) is 24.3 Å². The Bertz CT molecular complexity index is 1340. The number of nitrogens with one attached hydrogen (secondary N) is 2. The minimum atomic E-state index is -4.63. The fourth-order valence-corrected chi connectivity index (χ4v) is 5.53. The molecule has 1 saturated carbocycles. The van der Waals surface area contributed by atoms with Crippen LogP contribution < -0.4 is 15.4 Å². The van der Waals surface area contributed by atoms with Crippen LogP contribution in [0.1, 0.15) is 24.8 Å². The van der Waals surface area contributed by atoms with Gasteiger partial charge >= 0.3 is 6.18 Å². The first-order chi connectivity index (χ1) is 17.3. The number of benzene rings is 2. The Labute approximate surface area is 211 Å². The fourth-order valence-electron chi connectivity index (χ4n) is 4.85. The number of carbonyl (C=O) groups excluding carboxylic acids is 1. The van der Waals surface area contributed by atoms with E-state index in [0.29, 0.717) is 6.04 Å². The van der Waals surface area contributed by atoms with Gasteiger partial charge in [0.05, 0.1) is 17.0 Å². The largest absolute Gasteiger partial charge is 0.484 e. The zero-order chi connectivity index (χ0) is 27.0. The molecule has 0 aromatic heterocycles. The molecule has 7 nitrogen and oxygen atoms in total. The predicted molar refractivity (Wildman–Crippen MR) is 126 cm³/mol. The average Bonchev–Trinajstić information content (AvgIpc) is 3.46. The molecule has 2 aromatic rings. The molecule has 1 aliphatic carbocycles. The molecular formula is C25H25F4N3O4S. The topological polar surface area (TPSA) is 108 Å². The lowest BCUT2D eigenvalue weighted by Crippen LogP contribution is -2.50. The van der Waals surface area contributed by atoms with Crippen LogP contribution in [0.25, 0.3) is 11.1 Å². The lowest BCUT2D eigenvalue weighted by Gasteiger charge is -2.23. The van der Waals surface area contributed by atoms with E-state index in [-0.39, 0.29) is 51.6 Å². The van der Waals surface area contributed by atoms with Crippen molar-refractivity contribution in [2.24, 2.45) is 5.92 Å². The molecule has 12 heteroatoms. The van der Waals surface area contributed by atoms with Gasteiger partial charge in [0, 0.05) is 18.7 Å². The molecule has 1 aliphatic heterocycles. The van der Waals surface area contributed by atoms with Crippen molar-refractivity contribution in [3.8, 4) is 22.9 Å². The van der Waals surface area contributed by atoms with Crippen molar-refractivity contribution in [3.63, 3.8) is 0 Å². The summed E-state index contributed by atoms with van der Waals surface area (Å²) in [6.07, 6.45) is -0.933. The van der Waals surface area contributed by atoms with Gasteiger partial charge in [-0.3, -0.25) is 4.79 Å². The van der Waals surface area contributed by atoms with Crippen LogP contribution in [-0.2, 0) is 21.1 Å². The Hall–Kier alpha value is -3.17. The number of carbonyl (C=O) groups is 1. The maximum atomic E-state index is 15.0. The molecule has 0 unspecified atom stereocenters. The lowest BCUT2D eigenvalue weighted by atomic mass is 9.97. The normalized spacial score (nSPS) is 21.9. The van der Waals surface area contributed by atoms with Gasteiger partial charge in [-0.2, -0.15) is 18.4 Å². The van der Waals surface area contributed by atoms with Crippen molar-refractivity contribution >= 4 is 15.7 Å². The van der Waals surface area contributed by atoms with Crippen molar-refractivity contribution in [1.82, 2.24) is 10.6 Å². The molecule has 1 saturated heterocycles. The summed E-state index contributed by atoms with van der Waals surface area (Å²) in [4.78, 5) is 12.3. The molecule has 198 valence electrons. The van der Waals surface area contributed by atoms with Gasteiger partial charge in [0.1, 0.15) is 17.6 Å². The molecule has 2 aliphatic rings. The Morgan fingerprint density at radius 2 is 1.97 bits per heavy atom. The summed E-state index contributed by atoms with van der Waals surface area (Å²) >= 11 is 0. The van der Waals surface area contributed by atoms with E-state index in [4.69, 9.17) is 4.74 Å². The fraction of sp³-hybridized carbons (Fsp3) is 0.440. The van der Waals surface area contributed by atoms with Gasteiger partial charge in [-0.15, -0.1) is 0 Å². The first kappa shape index (κ1) is 26.9. The van der Waals surface area contributed by atoms with E-state index in [9.17, 15) is 36.0 Å². The first-order valence-electron chi connectivity index (χ1n) is 11.6. The number of ether oxygens (including phenoxy) is 1. The summed E-state index contributed by atoms with van der Waals surface area (Å²) in [6, 6.07) is 8.28. The predicted octanol–water partition coefficient (Wildman–Crippen LogP) is 3.53. The number of piperidine rings is 1. The minimum Gasteiger partial charge on any atom is -0.484 e. The van der Waals surface area contributed by atoms with Crippen LogP contribution >= 0.6 is 0 Å². The summed E-state index contributed by atoms with van der Waals surface area (Å²) < 4.78 is 81.6. The van der Waals surface area contributed by atoms with E-state index in [1.807, 2.05) is 6.07 Å². The molecular weight excluding hydrogens is 514 g/mol. The molecule has 0 radical (unpaired) electrons. The number of sulfone groups is 1. The maximum absolute atomic E-state index is 15.0. The molecule has 2 aromatic carbocycles. The van der Waals surface area contributed by atoms with Gasteiger partial charge in [0.25, 0.3) is 0 Å². The van der Waals surface area contributed by atoms with Crippen molar-refractivity contribution in [1.29, 1.82) is 5.26 Å². The van der Waals surface area contributed by atoms with Crippen LogP contribution in [0.2, 0.25) is 0 Å². The second-order valence-electron chi connectivity index (χ2n) is 9.48. The maximum Gasteiger partial charge on any atom is 0.422 e. The summed E-state index contributed by atoms with van der Waals surface area (Å²) in [7, 11) is -3.81. The van der Waals surface area contributed by atoms with Crippen LogP contribution in [0, 0.1) is 23.1 Å². The van der Waals surface area contributed by atoms with Gasteiger partial charge in [0.15, 0.2) is 16.4 Å². The number of hydrogen-bond donors (Lipinski definition) is 2. The smallest absolute Gasteiger partial charge is 0.422 e. The monoisotopic (exact) mass is 539 g/mol. The summed E-state index contributed by atoms with van der Waals surface area (Å²) in [5.41, 5.74) is 0.481. The highest BCUT2D eigenvalue weighted by Gasteiger charge is 2.43. The summed E-state index contributed by atoms with van der Waals surface area (Å²) in [5.74, 6) is -1.11. The lowest BCUT2D eigenvalue weighted by molar-refractivity contribution is -0.153. The Morgan fingerprint density at radius 3 is 2.54 bits per heavy atom. The Kier molecular flexibility index (Phi) is 7.48. The summed E-state index contributed by atoms with van der Waals surface area (Å²) in [6.45, 7) is -1.62. The second kappa shape index (κ2) is 10.3. The van der Waals surface area contributed by atoms with Crippen LogP contribution in [0.15, 0.2) is 41.3 Å². The number of fused-ring (bicyclic) bond motifs is 2. The number of hydrogen-bond acceptors (Lipinski definition) is 6. The van der Waals surface area contributed by atoms with E-state index in [2.05, 4.69) is 10.6 Å². The van der Waals surface area contributed by atoms with Crippen LogP contribution in [0.3, 0.4) is 0 Å². The third-order valence-corrected chi connectivity index (χ3v) is 7.73. The van der Waals surface area contributed by atoms with Gasteiger partial charge in [-0.25, -0.2) is 12.8 Å². The van der Waals surface area contributed by atoms with Crippen molar-refractivity contribution < 1.29 is 35.5 Å². The SMILES string of the molecule is CS(=O)(=O)c1cc(OCC(F)(F)F)cc(-c2ccc(C[C@@H](C#N)NC(=O)[C@H]3N[C@@H]4CC[C@H]3C4)c(F)c2)c1. The third kappa shape index (κ3) is 6.59. The molecule has 1 amide bonds. The second-order valence-corrected chi connectivity index (χ2v) is 11.5. The van der Waals surface area contributed by atoms with Gasteiger partial charge < -0.3 is 15.4 Å². The Balaban J connectivity index is 1.52. The molecule has 1 heterocycles. The highest BCUT2D eigenvalue weighted by atomic mass is 32.2. The molecule has 37 heavy (non-hydrogen) atoms. The molecule has 0 spiro atoms. The van der Waals surface area contributed by atoms with Crippen molar-refractivity contribution in [2.75, 3.05) is 12.9 Å². The number of amides is 1. The molecule has 4 rings (SSSR count). The molecule has 2 bridgehead atoms. The van der Waals surface area contributed by atoms with E-state index in [1.54, 1.807) is 0 Å². The van der Waals surface area contributed by atoms with E-state index in [0.717, 1.165) is 37.7 Å². The van der Waals surface area contributed by atoms with Crippen LogP contribution in [0.4, 0.5) is 17.6 Å². The zero-order valence-electron chi connectivity index (χ0n) is 19.8. The van der Waals surface area contributed by atoms with Crippen LogP contribution in [-0.4, -0.2) is 51.5 Å². The van der Waals surface area contributed by atoms with Crippen molar-refractivity contribution in [3.05, 3.63) is 47.8 Å². The standard InChI is InChI=1S/C25H25F4N3O4S/c1-37(34,35)21-9-17(8-20(11-21)36-13-25(27,28)29)14-2-3-15(22(26)10-14)6-19(12-30)32-24(33)23-16-4-5-18(7-16)31-23/h2-3,8-11,16,18-19,23,31H,4-7,13H2,1H3,(H,32,33)/t16-,18+,19-,23-/m0/s1. The number of nitriles is 1. The third-order valence-electron chi connectivity index (χ3n) is 6.64. The number of halogens is 4. The van der Waals surface area contributed by atoms with Crippen molar-refractivity contribution in [2.45, 2.75) is 54.9 Å². The highest BCUT2D eigenvalue weighted by molar-refractivity contribution is 7.90. The Morgan fingerprint density at radius 1 is 1.22 bits per heavy atom. The number of rotatable bonds is 8. The molecule has 2 N–H and O–H groups in total. The minimum absolute atomic E-state index is 0.0987. The van der Waals surface area contributed by atoms with E-state index < -0.39 is 34.5 Å². The quantitative estimate of drug-likeness (QED) is 0.497. The zero-order valence-corrected chi connectivity index (χ0v) is 20.6. The first-order valence-corrected chi connectivity index (χ1v) is 13.5. The van der Waals surface area contributed by atoms with Crippen LogP contribution in [0.5, 0.6) is 5.75 Å². The van der Waals surface area contributed by atoms with Gasteiger partial charge in [-0.05, 0) is 66.1 Å². The van der Waals surface area contributed by atoms with E-state index >= 15 is 0 Å². The average molecular weight is 540 g/mol. The molecule has 2 fully saturated rings. The summed E-state index contributed by atoms with van der Waals surface area (Å²) in [5, 5.41) is 15.4. The number of alkyl halides is 3. The highest BCUT2D eigenvalue weighted by Crippen LogP contribution is 2.35. The van der Waals surface area contributed by atoms with Gasteiger partial charge in [-0.1, -0.05) is 12.1 Å².